The number of piperidine rings is 1. The van der Waals surface area contributed by atoms with Crippen LogP contribution in [-0.4, -0.2) is 33.8 Å². The molecule has 4 N–H and O–H groups in total. The highest BCUT2D eigenvalue weighted by atomic mass is 16.5. The number of aromatic amines is 1. The number of hydrogen-bond acceptors (Lipinski definition) is 6. The van der Waals surface area contributed by atoms with Crippen LogP contribution in [0.4, 0.5) is 11.4 Å². The van der Waals surface area contributed by atoms with Gasteiger partial charge in [-0.3, -0.25) is 10.4 Å². The van der Waals surface area contributed by atoms with Crippen molar-refractivity contribution in [3.8, 4) is 5.75 Å². The number of aromatic nitrogens is 3. The van der Waals surface area contributed by atoms with E-state index in [-0.39, 0.29) is 5.71 Å². The van der Waals surface area contributed by atoms with Gasteiger partial charge in [0.2, 0.25) is 0 Å². The third-order valence-corrected chi connectivity index (χ3v) is 5.83. The molecule has 0 unspecified atom stereocenters. The van der Waals surface area contributed by atoms with E-state index < -0.39 is 0 Å². The van der Waals surface area contributed by atoms with E-state index in [2.05, 4.69) is 32.0 Å². The molecule has 1 fully saturated rings. The second-order valence-electron chi connectivity index (χ2n) is 8.07. The number of H-pyrrole nitrogens is 1. The van der Waals surface area contributed by atoms with Crippen molar-refractivity contribution in [2.45, 2.75) is 25.9 Å². The maximum atomic E-state index is 8.73. The molecule has 0 saturated carbocycles. The summed E-state index contributed by atoms with van der Waals surface area (Å²) in [4.78, 5) is 14.6. The molecule has 1 saturated heterocycles. The van der Waals surface area contributed by atoms with Crippen LogP contribution in [0.1, 0.15) is 36.3 Å². The van der Waals surface area contributed by atoms with Gasteiger partial charge in [-0.05, 0) is 67.8 Å². The largest absolute Gasteiger partial charge is 0.487 e. The highest BCUT2D eigenvalue weighted by Crippen LogP contribution is 2.26. The minimum atomic E-state index is 0.238. The molecule has 1 aliphatic heterocycles. The van der Waals surface area contributed by atoms with Gasteiger partial charge in [-0.1, -0.05) is 6.07 Å². The van der Waals surface area contributed by atoms with E-state index in [0.717, 1.165) is 29.8 Å². The zero-order valence-electron chi connectivity index (χ0n) is 17.8. The van der Waals surface area contributed by atoms with Gasteiger partial charge in [-0.25, -0.2) is 4.98 Å². The van der Waals surface area contributed by atoms with Gasteiger partial charge in [0.15, 0.2) is 5.82 Å². The van der Waals surface area contributed by atoms with E-state index in [4.69, 9.17) is 15.9 Å². The van der Waals surface area contributed by atoms with Crippen LogP contribution in [-0.2, 0) is 6.61 Å². The second-order valence-corrected chi connectivity index (χ2v) is 8.07. The lowest BCUT2D eigenvalue weighted by Gasteiger charge is -2.28. The first-order valence-corrected chi connectivity index (χ1v) is 10.9. The normalized spacial score (nSPS) is 13.9. The summed E-state index contributed by atoms with van der Waals surface area (Å²) >= 11 is 0. The number of pyridine rings is 1. The molecule has 1 aliphatic rings. The molecule has 0 spiro atoms. The summed E-state index contributed by atoms with van der Waals surface area (Å²) in [6.45, 7) is 2.52. The number of imidazole rings is 1. The SMILES string of the molecule is N=C(c1nc2ccc(N3CCCCC3)cc2[nH]1)c1cc(OCc2ccccn2)ccc1N. The summed E-state index contributed by atoms with van der Waals surface area (Å²) in [6, 6.07) is 17.3. The standard InChI is InChI=1S/C25H26N6O/c26-21-9-8-19(32-16-17-6-2-3-11-28-17)15-20(21)24(27)25-29-22-10-7-18(14-23(22)30-25)31-12-4-1-5-13-31/h2-3,6-11,14-15,27H,1,4-5,12-13,16,26H2,(H,29,30). The molecule has 5 rings (SSSR count). The van der Waals surface area contributed by atoms with E-state index in [1.165, 1.54) is 24.9 Å². The van der Waals surface area contributed by atoms with Gasteiger partial charge in [0.1, 0.15) is 18.1 Å². The Kier molecular flexibility index (Phi) is 5.46. The first kappa shape index (κ1) is 20.1. The number of rotatable bonds is 6. The Morgan fingerprint density at radius 3 is 2.75 bits per heavy atom. The van der Waals surface area contributed by atoms with Crippen molar-refractivity contribution in [2.75, 3.05) is 23.7 Å². The summed E-state index contributed by atoms with van der Waals surface area (Å²) in [6.07, 6.45) is 5.50. The van der Waals surface area contributed by atoms with Crippen LogP contribution < -0.4 is 15.4 Å². The first-order valence-electron chi connectivity index (χ1n) is 10.9. The van der Waals surface area contributed by atoms with Crippen molar-refractivity contribution in [2.24, 2.45) is 0 Å². The fraction of sp³-hybridized carbons (Fsp3) is 0.240. The number of nitrogen functional groups attached to an aromatic ring is 1. The fourth-order valence-corrected chi connectivity index (χ4v) is 4.07. The molecule has 3 heterocycles. The van der Waals surface area contributed by atoms with E-state index in [9.17, 15) is 0 Å². The smallest absolute Gasteiger partial charge is 0.157 e. The number of nitrogens with one attached hydrogen (secondary N) is 2. The second kappa shape index (κ2) is 8.70. The predicted octanol–water partition coefficient (Wildman–Crippen LogP) is 4.53. The summed E-state index contributed by atoms with van der Waals surface area (Å²) in [5, 5.41) is 8.73. The first-order chi connectivity index (χ1) is 15.7. The number of nitrogens with zero attached hydrogens (tertiary/aromatic N) is 3. The van der Waals surface area contributed by atoms with Gasteiger partial charge < -0.3 is 20.4 Å². The van der Waals surface area contributed by atoms with Gasteiger partial charge in [-0.15, -0.1) is 0 Å². The molecule has 0 aliphatic carbocycles. The molecule has 2 aromatic heterocycles. The predicted molar refractivity (Wildman–Crippen MR) is 128 cm³/mol. The number of nitrogens with two attached hydrogens (primary N) is 1. The molecule has 0 bridgehead atoms. The molecule has 4 aromatic rings. The van der Waals surface area contributed by atoms with Crippen molar-refractivity contribution in [3.05, 3.63) is 77.9 Å². The molecule has 162 valence electrons. The Balaban J connectivity index is 1.38. The highest BCUT2D eigenvalue weighted by Gasteiger charge is 2.16. The molecule has 0 amide bonds. The van der Waals surface area contributed by atoms with Crippen LogP contribution in [0.5, 0.6) is 5.75 Å². The van der Waals surface area contributed by atoms with Gasteiger partial charge in [0.25, 0.3) is 0 Å². The van der Waals surface area contributed by atoms with Gasteiger partial charge in [0.05, 0.1) is 16.7 Å². The van der Waals surface area contributed by atoms with E-state index in [1.54, 1.807) is 24.4 Å². The van der Waals surface area contributed by atoms with Crippen molar-refractivity contribution < 1.29 is 4.74 Å². The van der Waals surface area contributed by atoms with E-state index >= 15 is 0 Å². The monoisotopic (exact) mass is 426 g/mol. The quantitative estimate of drug-likeness (QED) is 0.310. The van der Waals surface area contributed by atoms with Crippen molar-refractivity contribution in [1.29, 1.82) is 5.41 Å². The van der Waals surface area contributed by atoms with Crippen molar-refractivity contribution >= 4 is 28.1 Å². The number of benzene rings is 2. The molecule has 7 heteroatoms. The molecule has 0 atom stereocenters. The number of anilines is 2. The van der Waals surface area contributed by atoms with Crippen molar-refractivity contribution in [1.82, 2.24) is 15.0 Å². The summed E-state index contributed by atoms with van der Waals surface area (Å²) < 4.78 is 5.86. The number of hydrogen-bond donors (Lipinski definition) is 3. The van der Waals surface area contributed by atoms with Crippen LogP contribution >= 0.6 is 0 Å². The molecule has 2 aromatic carbocycles. The minimum absolute atomic E-state index is 0.238. The van der Waals surface area contributed by atoms with Gasteiger partial charge in [0, 0.05) is 36.2 Å². The van der Waals surface area contributed by atoms with Gasteiger partial charge >= 0.3 is 0 Å². The average Bonchev–Trinajstić information content (AvgIpc) is 3.28. The van der Waals surface area contributed by atoms with Gasteiger partial charge in [-0.2, -0.15) is 0 Å². The lowest BCUT2D eigenvalue weighted by Crippen LogP contribution is -2.29. The number of ether oxygens (including phenoxy) is 1. The molecule has 0 radical (unpaired) electrons. The van der Waals surface area contributed by atoms with Crippen LogP contribution in [0.2, 0.25) is 0 Å². The third-order valence-electron chi connectivity index (χ3n) is 5.83. The van der Waals surface area contributed by atoms with Crippen LogP contribution in [0.15, 0.2) is 60.8 Å². The Labute approximate surface area is 186 Å². The van der Waals surface area contributed by atoms with E-state index in [1.807, 2.05) is 24.3 Å². The zero-order valence-corrected chi connectivity index (χ0v) is 17.8. The minimum Gasteiger partial charge on any atom is -0.487 e. The molecular formula is C25H26N6O. The summed E-state index contributed by atoms with van der Waals surface area (Å²) in [7, 11) is 0. The molecule has 32 heavy (non-hydrogen) atoms. The van der Waals surface area contributed by atoms with Crippen LogP contribution in [0.3, 0.4) is 0 Å². The third kappa shape index (κ3) is 4.14. The topological polar surface area (TPSA) is 104 Å². The Hall–Kier alpha value is -3.87. The Morgan fingerprint density at radius 1 is 1.06 bits per heavy atom. The van der Waals surface area contributed by atoms with Crippen LogP contribution in [0.25, 0.3) is 11.0 Å². The maximum absolute atomic E-state index is 8.73. The Morgan fingerprint density at radius 2 is 1.94 bits per heavy atom. The van der Waals surface area contributed by atoms with Crippen LogP contribution in [0, 0.1) is 5.41 Å². The summed E-state index contributed by atoms with van der Waals surface area (Å²) in [5.74, 6) is 1.12. The maximum Gasteiger partial charge on any atom is 0.157 e. The number of fused-ring (bicyclic) bond motifs is 1. The fourth-order valence-electron chi connectivity index (χ4n) is 4.07. The summed E-state index contributed by atoms with van der Waals surface area (Å²) in [5.41, 5.74) is 11.3. The molecule has 7 nitrogen and oxygen atoms in total. The average molecular weight is 427 g/mol. The Bertz CT molecular complexity index is 1240. The lowest BCUT2D eigenvalue weighted by molar-refractivity contribution is 0.301. The lowest BCUT2D eigenvalue weighted by atomic mass is 10.1. The highest BCUT2D eigenvalue weighted by molar-refractivity contribution is 6.13. The van der Waals surface area contributed by atoms with E-state index in [0.29, 0.717) is 29.4 Å². The molecular weight excluding hydrogens is 400 g/mol. The zero-order chi connectivity index (χ0) is 21.9. The van der Waals surface area contributed by atoms with Crippen molar-refractivity contribution in [3.63, 3.8) is 0 Å².